The van der Waals surface area contributed by atoms with E-state index in [9.17, 15) is 18.3 Å². The molecule has 128 valence electrons. The molecule has 1 aromatic rings. The summed E-state index contributed by atoms with van der Waals surface area (Å²) in [5, 5.41) is 15.5. The van der Waals surface area contributed by atoms with Gasteiger partial charge in [0.25, 0.3) is 0 Å². The van der Waals surface area contributed by atoms with Crippen LogP contribution in [0.15, 0.2) is 18.2 Å². The number of carbonyl (C=O) groups excluding carboxylic acids is 1. The number of hydrogen-bond acceptors (Lipinski definition) is 5. The summed E-state index contributed by atoms with van der Waals surface area (Å²) in [6.45, 7) is 4.03. The van der Waals surface area contributed by atoms with Gasteiger partial charge in [-0.3, -0.25) is 4.79 Å². The van der Waals surface area contributed by atoms with Crippen molar-refractivity contribution in [2.45, 2.75) is 38.8 Å². The fourth-order valence-electron chi connectivity index (χ4n) is 2.83. The second-order valence-electron chi connectivity index (χ2n) is 5.84. The first-order valence-electron chi connectivity index (χ1n) is 7.88. The van der Waals surface area contributed by atoms with Crippen LogP contribution in [0.4, 0.5) is 5.69 Å². The minimum Gasteiger partial charge on any atom is -0.390 e. The highest BCUT2D eigenvalue weighted by atomic mass is 32.2. The van der Waals surface area contributed by atoms with Crippen molar-refractivity contribution in [3.8, 4) is 0 Å². The van der Waals surface area contributed by atoms with Gasteiger partial charge in [0.15, 0.2) is 9.84 Å². The van der Waals surface area contributed by atoms with Gasteiger partial charge in [-0.15, -0.1) is 0 Å². The largest absolute Gasteiger partial charge is 0.390 e. The van der Waals surface area contributed by atoms with Crippen LogP contribution in [0.25, 0.3) is 0 Å². The van der Waals surface area contributed by atoms with Gasteiger partial charge in [0.2, 0.25) is 5.91 Å². The molecule has 7 heteroatoms. The van der Waals surface area contributed by atoms with Crippen LogP contribution in [0.2, 0.25) is 0 Å². The lowest BCUT2D eigenvalue weighted by Crippen LogP contribution is -2.43. The zero-order valence-electron chi connectivity index (χ0n) is 13.5. The third-order valence-electron chi connectivity index (χ3n) is 4.11. The molecule has 2 atom stereocenters. The quantitative estimate of drug-likeness (QED) is 0.701. The maximum atomic E-state index is 12.2. The van der Waals surface area contributed by atoms with Crippen molar-refractivity contribution in [2.75, 3.05) is 23.4 Å². The van der Waals surface area contributed by atoms with E-state index in [2.05, 4.69) is 10.6 Å². The van der Waals surface area contributed by atoms with E-state index in [4.69, 9.17) is 0 Å². The fourth-order valence-corrected chi connectivity index (χ4v) is 4.61. The monoisotopic (exact) mass is 340 g/mol. The third kappa shape index (κ3) is 4.53. The van der Waals surface area contributed by atoms with Gasteiger partial charge in [0, 0.05) is 11.7 Å². The summed E-state index contributed by atoms with van der Waals surface area (Å²) in [4.78, 5) is 12.2. The molecule has 1 heterocycles. The van der Waals surface area contributed by atoms with Gasteiger partial charge in [0.1, 0.15) is 0 Å². The molecule has 1 aliphatic rings. The van der Waals surface area contributed by atoms with E-state index in [0.29, 0.717) is 0 Å². The lowest BCUT2D eigenvalue weighted by Gasteiger charge is -2.17. The number of anilines is 1. The van der Waals surface area contributed by atoms with E-state index < -0.39 is 22.0 Å². The number of amides is 1. The van der Waals surface area contributed by atoms with E-state index in [1.54, 1.807) is 0 Å². The Labute approximate surface area is 137 Å². The number of benzene rings is 1. The number of hydrogen-bond donors (Lipinski definition) is 3. The Hall–Kier alpha value is -1.44. The smallest absolute Gasteiger partial charge is 0.238 e. The average Bonchev–Trinajstić information content (AvgIpc) is 2.77. The van der Waals surface area contributed by atoms with E-state index in [1.165, 1.54) is 0 Å². The molecule has 23 heavy (non-hydrogen) atoms. The third-order valence-corrected chi connectivity index (χ3v) is 5.83. The number of rotatable bonds is 6. The number of aliphatic hydroxyl groups excluding tert-OH is 1. The fraction of sp³-hybridized carbons (Fsp3) is 0.562. The van der Waals surface area contributed by atoms with Gasteiger partial charge >= 0.3 is 0 Å². The Bertz CT molecular complexity index is 650. The van der Waals surface area contributed by atoms with Crippen LogP contribution in [-0.4, -0.2) is 49.6 Å². The molecule has 1 aliphatic heterocycles. The summed E-state index contributed by atoms with van der Waals surface area (Å²) >= 11 is 0. The Balaban J connectivity index is 1.98. The van der Waals surface area contributed by atoms with E-state index in [1.807, 2.05) is 32.0 Å². The zero-order valence-corrected chi connectivity index (χ0v) is 14.3. The van der Waals surface area contributed by atoms with E-state index in [-0.39, 0.29) is 24.0 Å². The van der Waals surface area contributed by atoms with Gasteiger partial charge in [0.05, 0.1) is 24.2 Å². The van der Waals surface area contributed by atoms with Crippen molar-refractivity contribution in [3.63, 3.8) is 0 Å². The van der Waals surface area contributed by atoms with E-state index in [0.717, 1.165) is 29.7 Å². The molecule has 3 N–H and O–H groups in total. The highest BCUT2D eigenvalue weighted by Crippen LogP contribution is 2.22. The van der Waals surface area contributed by atoms with Gasteiger partial charge in [-0.25, -0.2) is 8.42 Å². The van der Waals surface area contributed by atoms with Gasteiger partial charge in [-0.1, -0.05) is 32.0 Å². The molecule has 1 saturated heterocycles. The van der Waals surface area contributed by atoms with Crippen LogP contribution >= 0.6 is 0 Å². The Morgan fingerprint density at radius 2 is 1.83 bits per heavy atom. The number of aliphatic hydroxyl groups is 1. The molecule has 0 bridgehead atoms. The number of aryl methyl sites for hydroxylation is 2. The Morgan fingerprint density at radius 1 is 1.22 bits per heavy atom. The molecule has 0 saturated carbocycles. The highest BCUT2D eigenvalue weighted by molar-refractivity contribution is 7.91. The molecule has 0 aliphatic carbocycles. The molecular weight excluding hydrogens is 316 g/mol. The van der Waals surface area contributed by atoms with Crippen molar-refractivity contribution in [3.05, 3.63) is 29.3 Å². The summed E-state index contributed by atoms with van der Waals surface area (Å²) in [5.74, 6) is -0.616. The molecule has 6 nitrogen and oxygen atoms in total. The molecule has 1 aromatic carbocycles. The summed E-state index contributed by atoms with van der Waals surface area (Å²) < 4.78 is 22.9. The summed E-state index contributed by atoms with van der Waals surface area (Å²) in [7, 11) is -3.22. The van der Waals surface area contributed by atoms with Crippen molar-refractivity contribution < 1.29 is 18.3 Å². The molecule has 0 spiro atoms. The maximum absolute atomic E-state index is 12.2. The molecule has 1 fully saturated rings. The first kappa shape index (κ1) is 17.9. The lowest BCUT2D eigenvalue weighted by atomic mass is 10.0. The molecule has 0 aromatic heterocycles. The Morgan fingerprint density at radius 3 is 2.30 bits per heavy atom. The lowest BCUT2D eigenvalue weighted by molar-refractivity contribution is -0.115. The normalized spacial score (nSPS) is 22.9. The first-order valence-corrected chi connectivity index (χ1v) is 9.71. The molecule has 1 amide bonds. The van der Waals surface area contributed by atoms with Crippen LogP contribution in [0.5, 0.6) is 0 Å². The van der Waals surface area contributed by atoms with Gasteiger partial charge < -0.3 is 15.7 Å². The average molecular weight is 340 g/mol. The Kier molecular flexibility index (Phi) is 5.78. The van der Waals surface area contributed by atoms with Crippen molar-refractivity contribution in [2.24, 2.45) is 0 Å². The first-order chi connectivity index (χ1) is 10.9. The predicted molar refractivity (Wildman–Crippen MR) is 90.3 cm³/mol. The number of sulfone groups is 1. The van der Waals surface area contributed by atoms with E-state index >= 15 is 0 Å². The summed E-state index contributed by atoms with van der Waals surface area (Å²) in [5.41, 5.74) is 2.98. The number of carbonyl (C=O) groups is 1. The molecular formula is C16H24N2O4S. The SMILES string of the molecule is CCc1cccc(CC)c1NC(=O)CNC1CS(=O)(=O)CC1O. The van der Waals surface area contributed by atoms with Crippen LogP contribution in [-0.2, 0) is 27.5 Å². The maximum Gasteiger partial charge on any atom is 0.238 e. The number of nitrogens with one attached hydrogen (secondary N) is 2. The molecule has 2 unspecified atom stereocenters. The second kappa shape index (κ2) is 7.42. The second-order valence-corrected chi connectivity index (χ2v) is 7.99. The summed E-state index contributed by atoms with van der Waals surface area (Å²) in [6.07, 6.45) is 0.675. The molecule has 2 rings (SSSR count). The standard InChI is InChI=1S/C16H24N2O4S/c1-3-11-6-5-7-12(4-2)16(11)18-15(20)8-17-13-9-23(21,22)10-14(13)19/h5-7,13-14,17,19H,3-4,8-10H2,1-2H3,(H,18,20). The topological polar surface area (TPSA) is 95.5 Å². The van der Waals surface area contributed by atoms with Crippen LogP contribution in [0.1, 0.15) is 25.0 Å². The van der Waals surface area contributed by atoms with Crippen LogP contribution < -0.4 is 10.6 Å². The highest BCUT2D eigenvalue weighted by Gasteiger charge is 2.36. The van der Waals surface area contributed by atoms with Crippen LogP contribution in [0.3, 0.4) is 0 Å². The number of para-hydroxylation sites is 1. The molecule has 0 radical (unpaired) electrons. The minimum absolute atomic E-state index is 0.0293. The summed E-state index contributed by atoms with van der Waals surface area (Å²) in [6, 6.07) is 5.36. The van der Waals surface area contributed by atoms with Crippen molar-refractivity contribution >= 4 is 21.4 Å². The van der Waals surface area contributed by atoms with Crippen LogP contribution in [0, 0.1) is 0 Å². The van der Waals surface area contributed by atoms with Gasteiger partial charge in [-0.2, -0.15) is 0 Å². The van der Waals surface area contributed by atoms with Crippen molar-refractivity contribution in [1.29, 1.82) is 0 Å². The van der Waals surface area contributed by atoms with Crippen molar-refractivity contribution in [1.82, 2.24) is 5.32 Å². The predicted octanol–water partition coefficient (Wildman–Crippen LogP) is 0.497. The minimum atomic E-state index is -3.22. The van der Waals surface area contributed by atoms with Gasteiger partial charge in [-0.05, 0) is 24.0 Å². The zero-order chi connectivity index (χ0) is 17.0.